The van der Waals surface area contributed by atoms with E-state index in [1.54, 1.807) is 0 Å². The van der Waals surface area contributed by atoms with E-state index in [1.807, 2.05) is 0 Å². The van der Waals surface area contributed by atoms with Crippen LogP contribution >= 0.6 is 0 Å². The molecule has 0 aromatic heterocycles. The first kappa shape index (κ1) is 41.4. The standard InChI is InChI=1S/C58H62BN3/c1-55(2,3)39-23-28-45(29-24-39)61-50-34-27-41(57(7,8)9)35-49(50)59-48-33-32-47(60(43-19-15-13-16-20-43)44-21-17-14-18-22-44)38-51(48)62(46-30-25-40(26-31-46)56(4,5)6)53-37-42(58(10,11)12)36-52(61)54(53)59/h13-38H,1-12H3. The predicted octanol–water partition coefficient (Wildman–Crippen LogP) is 14.4. The normalized spacial score (nSPS) is 13.7. The Morgan fingerprint density at radius 2 is 0.774 bits per heavy atom. The fourth-order valence-electron chi connectivity index (χ4n) is 9.40. The van der Waals surface area contributed by atoms with Gasteiger partial charge in [0.25, 0.3) is 6.71 Å². The van der Waals surface area contributed by atoms with E-state index in [1.165, 1.54) is 67.1 Å². The molecule has 0 atom stereocenters. The van der Waals surface area contributed by atoms with Gasteiger partial charge in [-0.15, -0.1) is 0 Å². The molecule has 0 bridgehead atoms. The second kappa shape index (κ2) is 14.8. The molecule has 312 valence electrons. The van der Waals surface area contributed by atoms with E-state index in [-0.39, 0.29) is 28.4 Å². The number of fused-ring (bicyclic) bond motifs is 4. The molecule has 0 saturated heterocycles. The lowest BCUT2D eigenvalue weighted by Gasteiger charge is -2.45. The minimum Gasteiger partial charge on any atom is -0.311 e. The molecule has 0 N–H and O–H groups in total. The zero-order valence-corrected chi connectivity index (χ0v) is 38.9. The van der Waals surface area contributed by atoms with Crippen LogP contribution in [0.1, 0.15) is 105 Å². The van der Waals surface area contributed by atoms with Gasteiger partial charge in [-0.2, -0.15) is 0 Å². The van der Waals surface area contributed by atoms with Crippen LogP contribution in [0.15, 0.2) is 158 Å². The first-order chi connectivity index (χ1) is 29.3. The van der Waals surface area contributed by atoms with Crippen molar-refractivity contribution in [2.45, 2.75) is 105 Å². The molecule has 9 rings (SSSR count). The van der Waals surface area contributed by atoms with Crippen LogP contribution in [0.2, 0.25) is 0 Å². The zero-order chi connectivity index (χ0) is 43.9. The molecule has 2 aliphatic rings. The fraction of sp³-hybridized carbons (Fsp3) is 0.276. The number of para-hydroxylation sites is 2. The van der Waals surface area contributed by atoms with E-state index in [2.05, 4.69) is 256 Å². The highest BCUT2D eigenvalue weighted by Gasteiger charge is 2.45. The van der Waals surface area contributed by atoms with Crippen molar-refractivity contribution in [3.63, 3.8) is 0 Å². The Kier molecular flexibility index (Phi) is 9.89. The maximum atomic E-state index is 2.57. The van der Waals surface area contributed by atoms with E-state index in [4.69, 9.17) is 0 Å². The summed E-state index contributed by atoms with van der Waals surface area (Å²) in [6.07, 6.45) is 0. The lowest BCUT2D eigenvalue weighted by atomic mass is 9.33. The average Bonchev–Trinajstić information content (AvgIpc) is 3.23. The summed E-state index contributed by atoms with van der Waals surface area (Å²) >= 11 is 0. The molecule has 0 saturated carbocycles. The lowest BCUT2D eigenvalue weighted by Crippen LogP contribution is -2.61. The Morgan fingerprint density at radius 3 is 1.23 bits per heavy atom. The summed E-state index contributed by atoms with van der Waals surface area (Å²) in [7, 11) is 0. The second-order valence-corrected chi connectivity index (χ2v) is 21.6. The Bertz CT molecular complexity index is 2720. The van der Waals surface area contributed by atoms with Crippen molar-refractivity contribution in [2.24, 2.45) is 0 Å². The van der Waals surface area contributed by atoms with Crippen LogP contribution in [-0.2, 0) is 21.7 Å². The van der Waals surface area contributed by atoms with Gasteiger partial charge < -0.3 is 14.7 Å². The molecule has 62 heavy (non-hydrogen) atoms. The number of hydrogen-bond donors (Lipinski definition) is 0. The Labute approximate surface area is 372 Å². The molecule has 7 aromatic rings. The van der Waals surface area contributed by atoms with Crippen molar-refractivity contribution in [3.8, 4) is 0 Å². The molecule has 4 heteroatoms. The van der Waals surface area contributed by atoms with Gasteiger partial charge in [-0.3, -0.25) is 0 Å². The van der Waals surface area contributed by atoms with Gasteiger partial charge in [-0.1, -0.05) is 162 Å². The molecule has 0 amide bonds. The van der Waals surface area contributed by atoms with Gasteiger partial charge in [-0.25, -0.2) is 0 Å². The highest BCUT2D eigenvalue weighted by atomic mass is 15.2. The number of anilines is 9. The number of nitrogens with zero attached hydrogens (tertiary/aromatic N) is 3. The number of hydrogen-bond acceptors (Lipinski definition) is 3. The van der Waals surface area contributed by atoms with Gasteiger partial charge in [0.05, 0.1) is 0 Å². The van der Waals surface area contributed by atoms with Gasteiger partial charge >= 0.3 is 0 Å². The second-order valence-electron chi connectivity index (χ2n) is 21.6. The summed E-state index contributed by atoms with van der Waals surface area (Å²) in [5.41, 5.74) is 19.9. The summed E-state index contributed by atoms with van der Waals surface area (Å²) in [5.74, 6) is 0. The molecule has 0 spiro atoms. The molecular formula is C58H62BN3. The van der Waals surface area contributed by atoms with Gasteiger partial charge in [-0.05, 0) is 139 Å². The minimum atomic E-state index is -0.111. The monoisotopic (exact) mass is 812 g/mol. The molecule has 0 aliphatic carbocycles. The highest BCUT2D eigenvalue weighted by Crippen LogP contribution is 2.48. The van der Waals surface area contributed by atoms with Crippen LogP contribution in [0.3, 0.4) is 0 Å². The summed E-state index contributed by atoms with van der Waals surface area (Å²) in [5, 5.41) is 0. The number of benzene rings is 7. The van der Waals surface area contributed by atoms with E-state index >= 15 is 0 Å². The van der Waals surface area contributed by atoms with Gasteiger partial charge in [0.2, 0.25) is 0 Å². The quantitative estimate of drug-likeness (QED) is 0.160. The predicted molar refractivity (Wildman–Crippen MR) is 270 cm³/mol. The maximum absolute atomic E-state index is 2.57. The summed E-state index contributed by atoms with van der Waals surface area (Å²) in [4.78, 5) is 7.53. The largest absolute Gasteiger partial charge is 0.311 e. The highest BCUT2D eigenvalue weighted by molar-refractivity contribution is 7.00. The first-order valence-electron chi connectivity index (χ1n) is 22.5. The SMILES string of the molecule is CC(C)(C)c1ccc(N2c3ccc(C(C)(C)C)cc3B3c4ccc(N(c5ccccc5)c5ccccc5)cc4N(c4ccc(C(C)(C)C)cc4)c4cc(C(C)(C)C)cc2c43)cc1. The van der Waals surface area contributed by atoms with Crippen molar-refractivity contribution < 1.29 is 0 Å². The van der Waals surface area contributed by atoms with Crippen molar-refractivity contribution in [2.75, 3.05) is 14.7 Å². The fourth-order valence-corrected chi connectivity index (χ4v) is 9.40. The molecule has 0 radical (unpaired) electrons. The van der Waals surface area contributed by atoms with Crippen LogP contribution in [-0.4, -0.2) is 6.71 Å². The van der Waals surface area contributed by atoms with Gasteiger partial charge in [0.15, 0.2) is 0 Å². The maximum Gasteiger partial charge on any atom is 0.252 e. The van der Waals surface area contributed by atoms with Crippen LogP contribution in [0.5, 0.6) is 0 Å². The average molecular weight is 812 g/mol. The van der Waals surface area contributed by atoms with Crippen LogP contribution in [0.4, 0.5) is 51.2 Å². The smallest absolute Gasteiger partial charge is 0.252 e. The molecular weight excluding hydrogens is 749 g/mol. The van der Waals surface area contributed by atoms with Crippen molar-refractivity contribution in [1.82, 2.24) is 0 Å². The summed E-state index contributed by atoms with van der Waals surface area (Å²) < 4.78 is 0. The third kappa shape index (κ3) is 7.32. The Hall–Kier alpha value is -6.00. The van der Waals surface area contributed by atoms with Crippen molar-refractivity contribution >= 4 is 74.3 Å². The zero-order valence-electron chi connectivity index (χ0n) is 38.9. The van der Waals surface area contributed by atoms with Gasteiger partial charge in [0.1, 0.15) is 0 Å². The van der Waals surface area contributed by atoms with E-state index < -0.39 is 0 Å². The van der Waals surface area contributed by atoms with Crippen LogP contribution < -0.4 is 31.1 Å². The molecule has 0 unspecified atom stereocenters. The van der Waals surface area contributed by atoms with E-state index in [0.717, 1.165) is 22.7 Å². The Morgan fingerprint density at radius 1 is 0.339 bits per heavy atom. The molecule has 2 heterocycles. The first-order valence-corrected chi connectivity index (χ1v) is 22.5. The van der Waals surface area contributed by atoms with Crippen molar-refractivity contribution in [3.05, 3.63) is 180 Å². The molecule has 7 aromatic carbocycles. The van der Waals surface area contributed by atoms with E-state index in [9.17, 15) is 0 Å². The molecule has 3 nitrogen and oxygen atoms in total. The van der Waals surface area contributed by atoms with Gasteiger partial charge in [0, 0.05) is 51.2 Å². The Balaban J connectivity index is 1.38. The minimum absolute atomic E-state index is 0.00691. The summed E-state index contributed by atoms with van der Waals surface area (Å²) in [6.45, 7) is 27.8. The third-order valence-electron chi connectivity index (χ3n) is 13.1. The van der Waals surface area contributed by atoms with Crippen molar-refractivity contribution in [1.29, 1.82) is 0 Å². The van der Waals surface area contributed by atoms with Crippen LogP contribution in [0.25, 0.3) is 0 Å². The van der Waals surface area contributed by atoms with Crippen LogP contribution in [0, 0.1) is 0 Å². The van der Waals surface area contributed by atoms with E-state index in [0.29, 0.717) is 0 Å². The third-order valence-corrected chi connectivity index (χ3v) is 13.1. The lowest BCUT2D eigenvalue weighted by molar-refractivity contribution is 0.589. The molecule has 0 fully saturated rings. The summed E-state index contributed by atoms with van der Waals surface area (Å²) in [6, 6.07) is 59.8. The molecule has 2 aliphatic heterocycles. The number of rotatable bonds is 5. The topological polar surface area (TPSA) is 9.72 Å².